The molecule has 12 nitrogen and oxygen atoms in total. The fourth-order valence-electron chi connectivity index (χ4n) is 4.60. The highest BCUT2D eigenvalue weighted by molar-refractivity contribution is 7.91. The number of nitro groups is 1. The van der Waals surface area contributed by atoms with Crippen LogP contribution >= 0.6 is 0 Å². The van der Waals surface area contributed by atoms with Crippen LogP contribution in [0.2, 0.25) is 0 Å². The quantitative estimate of drug-likeness (QED) is 0.406. The van der Waals surface area contributed by atoms with Crippen molar-refractivity contribution in [2.45, 2.75) is 62.1 Å². The van der Waals surface area contributed by atoms with Crippen LogP contribution in [0.15, 0.2) is 24.3 Å². The Morgan fingerprint density at radius 2 is 1.77 bits per heavy atom. The number of amides is 1. The average molecular weight is 514 g/mol. The molecule has 1 unspecified atom stereocenters. The Balaban J connectivity index is 1.38. The van der Waals surface area contributed by atoms with Crippen LogP contribution in [0.4, 0.5) is 5.69 Å². The topological polar surface area (TPSA) is 147 Å². The second-order valence-electron chi connectivity index (χ2n) is 8.92. The van der Waals surface area contributed by atoms with Crippen LogP contribution in [0.25, 0.3) is 0 Å². The third-order valence-electron chi connectivity index (χ3n) is 6.72. The summed E-state index contributed by atoms with van der Waals surface area (Å²) < 4.78 is 43.9. The minimum absolute atomic E-state index is 0.0303. The van der Waals surface area contributed by atoms with Gasteiger partial charge in [0.05, 0.1) is 4.92 Å². The maximum atomic E-state index is 13.7. The number of non-ortho nitro benzene ring substituents is 1. The number of sulfonamides is 1. The van der Waals surface area contributed by atoms with Crippen LogP contribution in [-0.2, 0) is 29.1 Å². The molecule has 1 atom stereocenters. The van der Waals surface area contributed by atoms with Gasteiger partial charge < -0.3 is 14.2 Å². The molecular weight excluding hydrogens is 482 g/mol. The number of hydroxylamine groups is 1. The van der Waals surface area contributed by atoms with E-state index in [1.165, 1.54) is 28.6 Å². The average Bonchev–Trinajstić information content (AvgIpc) is 2.89. The number of carbonyl (C=O) groups excluding carboxylic acids is 1. The number of nitrogens with one attached hydrogen (secondary N) is 1. The molecule has 0 bridgehead atoms. The fourth-order valence-corrected chi connectivity index (χ4v) is 6.74. The van der Waals surface area contributed by atoms with Gasteiger partial charge in [0.15, 0.2) is 11.0 Å². The lowest BCUT2D eigenvalue weighted by molar-refractivity contribution is -0.384. The van der Waals surface area contributed by atoms with Crippen molar-refractivity contribution in [1.82, 2.24) is 9.79 Å². The number of hydrogen-bond acceptors (Lipinski definition) is 9. The Hall–Kier alpha value is -2.32. The van der Waals surface area contributed by atoms with Gasteiger partial charge >= 0.3 is 0 Å². The maximum absolute atomic E-state index is 13.7. The predicted octanol–water partition coefficient (Wildman–Crippen LogP) is 1.89. The van der Waals surface area contributed by atoms with Gasteiger partial charge in [-0.1, -0.05) is 0 Å². The highest BCUT2D eigenvalue weighted by atomic mass is 32.2. The molecule has 0 aromatic heterocycles. The molecule has 0 spiro atoms. The lowest BCUT2D eigenvalue weighted by Crippen LogP contribution is -2.61. The van der Waals surface area contributed by atoms with Crippen molar-refractivity contribution < 1.29 is 37.2 Å². The zero-order chi connectivity index (χ0) is 24.9. The Labute approximate surface area is 204 Å². The molecule has 3 aliphatic heterocycles. The largest absolute Gasteiger partial charge is 0.490 e. The zero-order valence-corrected chi connectivity index (χ0v) is 20.2. The summed E-state index contributed by atoms with van der Waals surface area (Å²) in [5, 5.41) is 10.8. The van der Waals surface area contributed by atoms with Gasteiger partial charge in [-0.25, -0.2) is 23.0 Å². The Morgan fingerprint density at radius 3 is 2.37 bits per heavy atom. The first-order chi connectivity index (χ1) is 16.8. The monoisotopic (exact) mass is 513 g/mol. The van der Waals surface area contributed by atoms with E-state index in [-0.39, 0.29) is 50.9 Å². The first kappa shape index (κ1) is 25.8. The number of piperidine rings is 1. The maximum Gasteiger partial charge on any atom is 0.269 e. The molecular formula is C22H31N3O9S. The van der Waals surface area contributed by atoms with Crippen molar-refractivity contribution >= 4 is 21.6 Å². The summed E-state index contributed by atoms with van der Waals surface area (Å²) >= 11 is 0. The number of benzene rings is 1. The summed E-state index contributed by atoms with van der Waals surface area (Å²) in [6, 6.07) is 5.78. The highest BCUT2D eigenvalue weighted by Gasteiger charge is 2.55. The first-order valence-corrected chi connectivity index (χ1v) is 13.3. The second kappa shape index (κ2) is 11.2. The molecule has 0 radical (unpaired) electrons. The summed E-state index contributed by atoms with van der Waals surface area (Å²) in [4.78, 5) is 28.9. The van der Waals surface area contributed by atoms with Gasteiger partial charge in [-0.05, 0) is 37.8 Å². The molecule has 3 heterocycles. The van der Waals surface area contributed by atoms with Crippen LogP contribution < -0.4 is 10.2 Å². The van der Waals surface area contributed by atoms with Gasteiger partial charge in [0.2, 0.25) is 10.0 Å². The van der Waals surface area contributed by atoms with Gasteiger partial charge in [-0.15, -0.1) is 0 Å². The molecule has 1 aromatic rings. The number of carbonyl (C=O) groups is 1. The lowest BCUT2D eigenvalue weighted by atomic mass is 9.98. The second-order valence-corrected chi connectivity index (χ2v) is 11.2. The number of hydrogen-bond donors (Lipinski definition) is 1. The number of nitrogens with zero attached hydrogens (tertiary/aromatic N) is 2. The molecule has 194 valence electrons. The van der Waals surface area contributed by atoms with Gasteiger partial charge in [-0.2, -0.15) is 0 Å². The number of ether oxygens (including phenoxy) is 3. The minimum Gasteiger partial charge on any atom is -0.490 e. The van der Waals surface area contributed by atoms with Crippen LogP contribution in [-0.4, -0.2) is 73.6 Å². The van der Waals surface area contributed by atoms with E-state index in [0.29, 0.717) is 31.6 Å². The van der Waals surface area contributed by atoms with Crippen molar-refractivity contribution in [2.75, 3.05) is 32.9 Å². The van der Waals surface area contributed by atoms with Crippen molar-refractivity contribution in [3.8, 4) is 5.75 Å². The molecule has 0 aliphatic carbocycles. The van der Waals surface area contributed by atoms with Crippen molar-refractivity contribution in [1.29, 1.82) is 0 Å². The molecule has 35 heavy (non-hydrogen) atoms. The van der Waals surface area contributed by atoms with Gasteiger partial charge in [0.25, 0.3) is 11.6 Å². The predicted molar refractivity (Wildman–Crippen MR) is 123 cm³/mol. The molecule has 1 amide bonds. The summed E-state index contributed by atoms with van der Waals surface area (Å²) in [7, 11) is -4.02. The van der Waals surface area contributed by atoms with Crippen molar-refractivity contribution in [3.05, 3.63) is 34.4 Å². The molecule has 1 aromatic carbocycles. The molecule has 1 N–H and O–H groups in total. The van der Waals surface area contributed by atoms with Gasteiger partial charge in [0, 0.05) is 64.3 Å². The normalized spacial score (nSPS) is 23.9. The van der Waals surface area contributed by atoms with Crippen LogP contribution in [0.5, 0.6) is 5.75 Å². The van der Waals surface area contributed by atoms with E-state index in [0.717, 1.165) is 12.8 Å². The third kappa shape index (κ3) is 5.75. The summed E-state index contributed by atoms with van der Waals surface area (Å²) in [6.45, 7) is 1.25. The SMILES string of the molecule is O=C(NOC1CCCCO1)C1(S(=O)(=O)N2CCC(Oc3ccc([N+](=O)[O-])cc3)CC2)CCOCC1. The lowest BCUT2D eigenvalue weighted by Gasteiger charge is -2.41. The van der Waals surface area contributed by atoms with E-state index in [2.05, 4.69) is 5.48 Å². The van der Waals surface area contributed by atoms with E-state index in [9.17, 15) is 23.3 Å². The summed E-state index contributed by atoms with van der Waals surface area (Å²) in [5.41, 5.74) is 2.33. The van der Waals surface area contributed by atoms with E-state index in [1.807, 2.05) is 0 Å². The molecule has 4 rings (SSSR count). The van der Waals surface area contributed by atoms with Crippen LogP contribution in [0.1, 0.15) is 44.9 Å². The van der Waals surface area contributed by atoms with E-state index >= 15 is 0 Å². The van der Waals surface area contributed by atoms with Crippen LogP contribution in [0, 0.1) is 10.1 Å². The first-order valence-electron chi connectivity index (χ1n) is 11.9. The number of rotatable bonds is 8. The standard InChI is InChI=1S/C22H31N3O9S/c26-21(23-34-20-3-1-2-14-32-20)22(10-15-31-16-11-22)35(29,30)24-12-8-19(9-13-24)33-18-6-4-17(5-7-18)25(27)28/h4-7,19-20H,1-3,8-16H2,(H,23,26). The zero-order valence-electron chi connectivity index (χ0n) is 19.4. The molecule has 0 saturated carbocycles. The van der Waals surface area contributed by atoms with E-state index < -0.39 is 31.9 Å². The van der Waals surface area contributed by atoms with Crippen molar-refractivity contribution in [3.63, 3.8) is 0 Å². The third-order valence-corrected chi connectivity index (χ3v) is 9.35. The molecule has 3 aliphatic rings. The summed E-state index contributed by atoms with van der Waals surface area (Å²) in [6.07, 6.45) is 2.57. The number of nitro benzene ring substituents is 1. The van der Waals surface area contributed by atoms with Crippen molar-refractivity contribution in [2.24, 2.45) is 0 Å². The molecule has 3 saturated heterocycles. The minimum atomic E-state index is -4.02. The van der Waals surface area contributed by atoms with E-state index in [4.69, 9.17) is 19.0 Å². The van der Waals surface area contributed by atoms with Gasteiger partial charge in [0.1, 0.15) is 11.9 Å². The van der Waals surface area contributed by atoms with Gasteiger partial charge in [-0.3, -0.25) is 14.9 Å². The van der Waals surface area contributed by atoms with E-state index in [1.54, 1.807) is 0 Å². The summed E-state index contributed by atoms with van der Waals surface area (Å²) in [5.74, 6) is -0.210. The fraction of sp³-hybridized carbons (Fsp3) is 0.682. The Bertz CT molecular complexity index is 982. The molecule has 13 heteroatoms. The highest BCUT2D eigenvalue weighted by Crippen LogP contribution is 2.35. The smallest absolute Gasteiger partial charge is 0.269 e. The van der Waals surface area contributed by atoms with Crippen LogP contribution in [0.3, 0.4) is 0 Å². The Kier molecular flexibility index (Phi) is 8.22. The Morgan fingerprint density at radius 1 is 1.09 bits per heavy atom. The molecule has 3 fully saturated rings.